The summed E-state index contributed by atoms with van der Waals surface area (Å²) in [5.74, 6) is -1.19. The zero-order chi connectivity index (χ0) is 17.5. The van der Waals surface area contributed by atoms with Crippen molar-refractivity contribution < 1.29 is 19.1 Å². The van der Waals surface area contributed by atoms with Crippen molar-refractivity contribution in [1.29, 1.82) is 0 Å². The number of hydrogen-bond acceptors (Lipinski definition) is 5. The molecule has 128 valence electrons. The molecule has 0 spiro atoms. The monoisotopic (exact) mass is 368 g/mol. The fourth-order valence-electron chi connectivity index (χ4n) is 2.05. The second-order valence-corrected chi connectivity index (χ2v) is 6.88. The van der Waals surface area contributed by atoms with Gasteiger partial charge in [0.25, 0.3) is 0 Å². The van der Waals surface area contributed by atoms with Crippen LogP contribution in [0.3, 0.4) is 0 Å². The topological polar surface area (TPSA) is 79.3 Å². The van der Waals surface area contributed by atoms with Crippen molar-refractivity contribution in [3.8, 4) is 10.6 Å². The Kier molecular flexibility index (Phi) is 6.74. The summed E-state index contributed by atoms with van der Waals surface area (Å²) >= 11 is 2.77. The highest BCUT2D eigenvalue weighted by Crippen LogP contribution is 2.26. The molecule has 0 aliphatic carbocycles. The minimum absolute atomic E-state index is 0.0337. The number of nitrogens with zero attached hydrogens (tertiary/aromatic N) is 1. The first-order valence-electron chi connectivity index (χ1n) is 7.21. The van der Waals surface area contributed by atoms with Crippen LogP contribution < -0.4 is 5.32 Å². The second-order valence-electron chi connectivity index (χ2n) is 5.04. The quantitative estimate of drug-likeness (QED) is 0.749. The molecule has 24 heavy (non-hydrogen) atoms. The molecule has 8 heteroatoms. The third-order valence-corrected chi connectivity index (χ3v) is 4.81. The molecule has 1 atom stereocenters. The van der Waals surface area contributed by atoms with Crippen molar-refractivity contribution in [3.05, 3.63) is 41.2 Å². The standard InChI is InChI=1S/C16H17FN2O3S2/c1-23-7-6-13(16(21)22)19-14(20)8-10-9-24-15(18-10)11-4-2-3-5-12(11)17/h2-5,9,13H,6-8H2,1H3,(H,19,20)(H,21,22). The maximum atomic E-state index is 13.7. The van der Waals surface area contributed by atoms with Crippen LogP contribution in [-0.2, 0) is 16.0 Å². The van der Waals surface area contributed by atoms with Gasteiger partial charge in [-0.2, -0.15) is 11.8 Å². The molecule has 0 fully saturated rings. The molecule has 2 rings (SSSR count). The lowest BCUT2D eigenvalue weighted by Crippen LogP contribution is -2.41. The van der Waals surface area contributed by atoms with Crippen LogP contribution >= 0.6 is 23.1 Å². The smallest absolute Gasteiger partial charge is 0.326 e. The molecular formula is C16H17FN2O3S2. The van der Waals surface area contributed by atoms with E-state index in [0.717, 1.165) is 0 Å². The molecule has 0 saturated heterocycles. The molecule has 2 N–H and O–H groups in total. The normalized spacial score (nSPS) is 11.9. The van der Waals surface area contributed by atoms with Gasteiger partial charge in [0.1, 0.15) is 16.9 Å². The Morgan fingerprint density at radius 2 is 2.17 bits per heavy atom. The summed E-state index contributed by atoms with van der Waals surface area (Å²) in [4.78, 5) is 27.4. The molecule has 0 bridgehead atoms. The predicted molar refractivity (Wildman–Crippen MR) is 93.8 cm³/mol. The minimum atomic E-state index is -1.05. The third-order valence-electron chi connectivity index (χ3n) is 3.24. The molecule has 1 amide bonds. The number of nitrogens with one attached hydrogen (secondary N) is 1. The summed E-state index contributed by atoms with van der Waals surface area (Å²) in [6.45, 7) is 0. The molecule has 1 heterocycles. The third kappa shape index (κ3) is 5.04. The number of hydrogen-bond donors (Lipinski definition) is 2. The van der Waals surface area contributed by atoms with E-state index in [0.29, 0.717) is 28.4 Å². The molecule has 0 aliphatic heterocycles. The number of amides is 1. The van der Waals surface area contributed by atoms with Crippen LogP contribution in [0.5, 0.6) is 0 Å². The van der Waals surface area contributed by atoms with Crippen molar-refractivity contribution in [3.63, 3.8) is 0 Å². The number of carboxylic acids is 1. The van der Waals surface area contributed by atoms with Gasteiger partial charge in [-0.15, -0.1) is 11.3 Å². The Labute approximate surface area is 147 Å². The van der Waals surface area contributed by atoms with E-state index in [-0.39, 0.29) is 12.2 Å². The fourth-order valence-corrected chi connectivity index (χ4v) is 3.37. The Hall–Kier alpha value is -1.93. The number of carbonyl (C=O) groups is 2. The first kappa shape index (κ1) is 18.4. The Balaban J connectivity index is 2.00. The Morgan fingerprint density at radius 1 is 1.42 bits per heavy atom. The van der Waals surface area contributed by atoms with Crippen LogP contribution in [0.4, 0.5) is 4.39 Å². The van der Waals surface area contributed by atoms with Gasteiger partial charge in [-0.1, -0.05) is 12.1 Å². The van der Waals surface area contributed by atoms with E-state index in [1.807, 2.05) is 6.26 Å². The molecule has 1 unspecified atom stereocenters. The van der Waals surface area contributed by atoms with Crippen LogP contribution in [-0.4, -0.2) is 40.0 Å². The molecule has 0 aliphatic rings. The van der Waals surface area contributed by atoms with E-state index < -0.39 is 17.9 Å². The van der Waals surface area contributed by atoms with Gasteiger partial charge in [-0.25, -0.2) is 14.2 Å². The molecule has 2 aromatic rings. The first-order valence-corrected chi connectivity index (χ1v) is 9.49. The molecule has 0 radical (unpaired) electrons. The number of aliphatic carboxylic acids is 1. The zero-order valence-corrected chi connectivity index (χ0v) is 14.6. The van der Waals surface area contributed by atoms with E-state index in [1.165, 1.54) is 29.2 Å². The van der Waals surface area contributed by atoms with Gasteiger partial charge >= 0.3 is 5.97 Å². The van der Waals surface area contributed by atoms with Crippen LogP contribution in [0, 0.1) is 5.82 Å². The highest BCUT2D eigenvalue weighted by Gasteiger charge is 2.20. The predicted octanol–water partition coefficient (Wildman–Crippen LogP) is 2.81. The van der Waals surface area contributed by atoms with E-state index in [9.17, 15) is 14.0 Å². The van der Waals surface area contributed by atoms with Crippen LogP contribution in [0.25, 0.3) is 10.6 Å². The number of thioether (sulfide) groups is 1. The van der Waals surface area contributed by atoms with Gasteiger partial charge in [0.15, 0.2) is 0 Å². The average molecular weight is 368 g/mol. The summed E-state index contributed by atoms with van der Waals surface area (Å²) in [5, 5.41) is 13.8. The molecule has 1 aromatic heterocycles. The summed E-state index contributed by atoms with van der Waals surface area (Å²) in [6.07, 6.45) is 2.20. The van der Waals surface area contributed by atoms with Crippen LogP contribution in [0.15, 0.2) is 29.6 Å². The van der Waals surface area contributed by atoms with E-state index >= 15 is 0 Å². The minimum Gasteiger partial charge on any atom is -0.480 e. The molecular weight excluding hydrogens is 351 g/mol. The van der Waals surface area contributed by atoms with Gasteiger partial charge in [-0.05, 0) is 30.6 Å². The first-order chi connectivity index (χ1) is 11.5. The lowest BCUT2D eigenvalue weighted by Gasteiger charge is -2.13. The second kappa shape index (κ2) is 8.79. The van der Waals surface area contributed by atoms with Gasteiger partial charge in [-0.3, -0.25) is 4.79 Å². The molecule has 5 nitrogen and oxygen atoms in total. The molecule has 1 aromatic carbocycles. The highest BCUT2D eigenvalue weighted by atomic mass is 32.2. The number of carboxylic acid groups (broad SMARTS) is 1. The number of aromatic nitrogens is 1. The number of halogens is 1. The fraction of sp³-hybridized carbons (Fsp3) is 0.312. The highest BCUT2D eigenvalue weighted by molar-refractivity contribution is 7.98. The van der Waals surface area contributed by atoms with Crippen molar-refractivity contribution in [2.75, 3.05) is 12.0 Å². The van der Waals surface area contributed by atoms with Gasteiger partial charge in [0, 0.05) is 10.9 Å². The average Bonchev–Trinajstić information content (AvgIpc) is 2.99. The van der Waals surface area contributed by atoms with Crippen molar-refractivity contribution in [2.24, 2.45) is 0 Å². The van der Waals surface area contributed by atoms with Gasteiger partial charge in [0.05, 0.1) is 12.1 Å². The Morgan fingerprint density at radius 3 is 2.83 bits per heavy atom. The van der Waals surface area contributed by atoms with E-state index in [1.54, 1.807) is 23.6 Å². The Bertz CT molecular complexity index is 721. The van der Waals surface area contributed by atoms with Crippen molar-refractivity contribution in [1.82, 2.24) is 10.3 Å². The summed E-state index contributed by atoms with van der Waals surface area (Å²) in [6, 6.07) is 5.39. The summed E-state index contributed by atoms with van der Waals surface area (Å²) < 4.78 is 13.7. The largest absolute Gasteiger partial charge is 0.480 e. The number of carbonyl (C=O) groups excluding carboxylic acids is 1. The number of benzene rings is 1. The summed E-state index contributed by atoms with van der Waals surface area (Å²) in [7, 11) is 0. The van der Waals surface area contributed by atoms with E-state index in [4.69, 9.17) is 5.11 Å². The van der Waals surface area contributed by atoms with Crippen molar-refractivity contribution >= 4 is 35.0 Å². The maximum Gasteiger partial charge on any atom is 0.326 e. The van der Waals surface area contributed by atoms with E-state index in [2.05, 4.69) is 10.3 Å². The zero-order valence-electron chi connectivity index (χ0n) is 13.0. The number of thiazole rings is 1. The SMILES string of the molecule is CSCCC(NC(=O)Cc1csc(-c2ccccc2F)n1)C(=O)O. The number of rotatable bonds is 8. The summed E-state index contributed by atoms with van der Waals surface area (Å²) in [5.41, 5.74) is 0.877. The van der Waals surface area contributed by atoms with Gasteiger partial charge < -0.3 is 10.4 Å². The van der Waals surface area contributed by atoms with Crippen LogP contribution in [0.1, 0.15) is 12.1 Å². The van der Waals surface area contributed by atoms with Gasteiger partial charge in [0.2, 0.25) is 5.91 Å². The maximum absolute atomic E-state index is 13.7. The van der Waals surface area contributed by atoms with Crippen molar-refractivity contribution in [2.45, 2.75) is 18.9 Å². The van der Waals surface area contributed by atoms with Crippen LogP contribution in [0.2, 0.25) is 0 Å². The molecule has 0 saturated carbocycles. The lowest BCUT2D eigenvalue weighted by molar-refractivity contribution is -0.141. The lowest BCUT2D eigenvalue weighted by atomic mass is 10.2.